The van der Waals surface area contributed by atoms with Gasteiger partial charge < -0.3 is 15.0 Å². The first-order valence-electron chi connectivity index (χ1n) is 12.7. The molecule has 3 aromatic carbocycles. The number of rotatable bonds is 13. The summed E-state index contributed by atoms with van der Waals surface area (Å²) in [4.78, 5) is 28.2. The van der Waals surface area contributed by atoms with E-state index in [0.717, 1.165) is 22.4 Å². The Balaban J connectivity index is 1.69. The van der Waals surface area contributed by atoms with Crippen molar-refractivity contribution in [3.05, 3.63) is 94.5 Å². The van der Waals surface area contributed by atoms with E-state index < -0.39 is 16.1 Å². The number of sulfonamides is 1. The van der Waals surface area contributed by atoms with Gasteiger partial charge in [-0.25, -0.2) is 13.1 Å². The maximum atomic E-state index is 13.4. The molecule has 10 heteroatoms. The molecule has 0 aliphatic carbocycles. The van der Waals surface area contributed by atoms with E-state index in [1.54, 1.807) is 50.1 Å². The standard InChI is InChI=1S/C29H34ClN3O5S/c1-4-32-39(36,37)27-16-9-22(10-17-27)11-18-28(34)33(20-24-5-12-25(30)13-6-24)21(2)29(35)31-19-23-7-14-26(38-3)15-8-23/h5-10,12-17,21,32H,4,11,18-20H2,1-3H3,(H,31,35)/t21-/m1/s1. The molecule has 8 nitrogen and oxygen atoms in total. The molecule has 0 unspecified atom stereocenters. The van der Waals surface area contributed by atoms with E-state index in [4.69, 9.17) is 16.3 Å². The lowest BCUT2D eigenvalue weighted by molar-refractivity contribution is -0.140. The minimum Gasteiger partial charge on any atom is -0.497 e. The molecule has 0 aromatic heterocycles. The van der Waals surface area contributed by atoms with Crippen LogP contribution in [0.3, 0.4) is 0 Å². The molecule has 0 aliphatic rings. The van der Waals surface area contributed by atoms with Crippen molar-refractivity contribution in [1.29, 1.82) is 0 Å². The number of ether oxygens (including phenoxy) is 1. The molecule has 208 valence electrons. The molecule has 0 saturated carbocycles. The molecule has 3 aromatic rings. The van der Waals surface area contributed by atoms with E-state index in [1.165, 1.54) is 12.1 Å². The van der Waals surface area contributed by atoms with Crippen LogP contribution in [0.2, 0.25) is 5.02 Å². The Hall–Kier alpha value is -3.40. The molecule has 0 bridgehead atoms. The monoisotopic (exact) mass is 571 g/mol. The number of carbonyl (C=O) groups excluding carboxylic acids is 2. The molecule has 0 fully saturated rings. The second-order valence-corrected chi connectivity index (χ2v) is 11.2. The normalized spacial score (nSPS) is 12.0. The molecule has 2 amide bonds. The van der Waals surface area contributed by atoms with Gasteiger partial charge in [-0.05, 0) is 66.4 Å². The number of amides is 2. The Morgan fingerprint density at radius 3 is 2.10 bits per heavy atom. The first kappa shape index (κ1) is 30.1. The third kappa shape index (κ3) is 8.81. The van der Waals surface area contributed by atoms with Crippen molar-refractivity contribution in [1.82, 2.24) is 14.9 Å². The van der Waals surface area contributed by atoms with Crippen LogP contribution in [0, 0.1) is 0 Å². The van der Waals surface area contributed by atoms with Crippen molar-refractivity contribution in [2.75, 3.05) is 13.7 Å². The lowest BCUT2D eigenvalue weighted by atomic mass is 10.1. The number of nitrogens with one attached hydrogen (secondary N) is 2. The number of hydrogen-bond acceptors (Lipinski definition) is 5. The van der Waals surface area contributed by atoms with E-state index in [-0.39, 0.29) is 29.7 Å². The average molecular weight is 572 g/mol. The van der Waals surface area contributed by atoms with Crippen LogP contribution >= 0.6 is 11.6 Å². The zero-order valence-corrected chi connectivity index (χ0v) is 23.9. The number of halogens is 1. The molecule has 3 rings (SSSR count). The summed E-state index contributed by atoms with van der Waals surface area (Å²) in [6.45, 7) is 4.28. The zero-order chi connectivity index (χ0) is 28.4. The highest BCUT2D eigenvalue weighted by atomic mass is 35.5. The van der Waals surface area contributed by atoms with Gasteiger partial charge in [0.25, 0.3) is 0 Å². The van der Waals surface area contributed by atoms with Gasteiger partial charge in [-0.15, -0.1) is 0 Å². The molecule has 0 heterocycles. The van der Waals surface area contributed by atoms with Crippen molar-refractivity contribution >= 4 is 33.4 Å². The van der Waals surface area contributed by atoms with E-state index in [1.807, 2.05) is 36.4 Å². The fourth-order valence-corrected chi connectivity index (χ4v) is 5.12. The second-order valence-electron chi connectivity index (χ2n) is 9.04. The molecule has 0 radical (unpaired) electrons. The topological polar surface area (TPSA) is 105 Å². The quantitative estimate of drug-likeness (QED) is 0.318. The van der Waals surface area contributed by atoms with Gasteiger partial charge >= 0.3 is 0 Å². The lowest BCUT2D eigenvalue weighted by Crippen LogP contribution is -2.47. The van der Waals surface area contributed by atoms with Crippen LogP contribution in [0.15, 0.2) is 77.7 Å². The minimum atomic E-state index is -3.54. The number of carbonyl (C=O) groups is 2. The first-order chi connectivity index (χ1) is 18.6. The maximum absolute atomic E-state index is 13.4. The van der Waals surface area contributed by atoms with Crippen LogP contribution in [0.4, 0.5) is 0 Å². The molecular weight excluding hydrogens is 538 g/mol. The van der Waals surface area contributed by atoms with Gasteiger partial charge in [0, 0.05) is 31.1 Å². The van der Waals surface area contributed by atoms with Gasteiger partial charge in [0.2, 0.25) is 21.8 Å². The predicted octanol–water partition coefficient (Wildman–Crippen LogP) is 4.31. The fourth-order valence-electron chi connectivity index (χ4n) is 3.95. The third-order valence-corrected chi connectivity index (χ3v) is 8.07. The molecule has 0 spiro atoms. The van der Waals surface area contributed by atoms with Gasteiger partial charge in [0.1, 0.15) is 11.8 Å². The van der Waals surface area contributed by atoms with Crippen molar-refractivity contribution in [2.24, 2.45) is 0 Å². The summed E-state index contributed by atoms with van der Waals surface area (Å²) in [5.41, 5.74) is 2.58. The Morgan fingerprint density at radius 1 is 0.923 bits per heavy atom. The van der Waals surface area contributed by atoms with Gasteiger partial charge in [-0.1, -0.05) is 54.9 Å². The molecule has 39 heavy (non-hydrogen) atoms. The molecular formula is C29H34ClN3O5S. The van der Waals surface area contributed by atoms with Gasteiger partial charge in [0.15, 0.2) is 0 Å². The maximum Gasteiger partial charge on any atom is 0.242 e. The largest absolute Gasteiger partial charge is 0.497 e. The van der Waals surface area contributed by atoms with Crippen molar-refractivity contribution in [3.63, 3.8) is 0 Å². The number of benzene rings is 3. The zero-order valence-electron chi connectivity index (χ0n) is 22.3. The van der Waals surface area contributed by atoms with Gasteiger partial charge in [-0.2, -0.15) is 0 Å². The summed E-state index contributed by atoms with van der Waals surface area (Å²) in [7, 11) is -1.95. The predicted molar refractivity (Wildman–Crippen MR) is 152 cm³/mol. The van der Waals surface area contributed by atoms with Crippen LogP contribution in [-0.4, -0.2) is 44.8 Å². The number of hydrogen-bond donors (Lipinski definition) is 2. The van der Waals surface area contributed by atoms with Crippen LogP contribution in [0.1, 0.15) is 37.0 Å². The highest BCUT2D eigenvalue weighted by molar-refractivity contribution is 7.89. The van der Waals surface area contributed by atoms with Gasteiger partial charge in [0.05, 0.1) is 12.0 Å². The smallest absolute Gasteiger partial charge is 0.242 e. The summed E-state index contributed by atoms with van der Waals surface area (Å²) < 4.78 is 32.0. The minimum absolute atomic E-state index is 0.156. The van der Waals surface area contributed by atoms with Crippen LogP contribution in [-0.2, 0) is 39.1 Å². The molecule has 1 atom stereocenters. The molecule has 0 aliphatic heterocycles. The third-order valence-electron chi connectivity index (χ3n) is 6.25. The van der Waals surface area contributed by atoms with Gasteiger partial charge in [-0.3, -0.25) is 9.59 Å². The Kier molecular flexibility index (Phi) is 10.9. The summed E-state index contributed by atoms with van der Waals surface area (Å²) in [6.07, 6.45) is 0.556. The number of nitrogens with zero attached hydrogens (tertiary/aromatic N) is 1. The Bertz CT molecular complexity index is 1350. The van der Waals surface area contributed by atoms with Crippen LogP contribution in [0.5, 0.6) is 5.75 Å². The van der Waals surface area contributed by atoms with E-state index in [2.05, 4.69) is 10.0 Å². The van der Waals surface area contributed by atoms with Crippen molar-refractivity contribution < 1.29 is 22.7 Å². The van der Waals surface area contributed by atoms with Crippen molar-refractivity contribution in [2.45, 2.75) is 50.7 Å². The first-order valence-corrected chi connectivity index (χ1v) is 14.5. The summed E-state index contributed by atoms with van der Waals surface area (Å²) in [6, 6.07) is 20.3. The van der Waals surface area contributed by atoms with Crippen molar-refractivity contribution in [3.8, 4) is 5.75 Å². The van der Waals surface area contributed by atoms with Crippen LogP contribution < -0.4 is 14.8 Å². The highest BCUT2D eigenvalue weighted by Gasteiger charge is 2.26. The summed E-state index contributed by atoms with van der Waals surface area (Å²) in [5, 5.41) is 3.50. The molecule has 0 saturated heterocycles. The number of methoxy groups -OCH3 is 1. The second kappa shape index (κ2) is 14.1. The lowest BCUT2D eigenvalue weighted by Gasteiger charge is -2.29. The van der Waals surface area contributed by atoms with Crippen LogP contribution in [0.25, 0.3) is 0 Å². The van der Waals surface area contributed by atoms with E-state index in [9.17, 15) is 18.0 Å². The SMILES string of the molecule is CCNS(=O)(=O)c1ccc(CCC(=O)N(Cc2ccc(Cl)cc2)[C@H](C)C(=O)NCc2ccc(OC)cc2)cc1. The highest BCUT2D eigenvalue weighted by Crippen LogP contribution is 2.17. The summed E-state index contributed by atoms with van der Waals surface area (Å²) >= 11 is 6.02. The Labute approximate surface area is 235 Å². The Morgan fingerprint density at radius 2 is 1.51 bits per heavy atom. The fraction of sp³-hybridized carbons (Fsp3) is 0.310. The summed E-state index contributed by atoms with van der Waals surface area (Å²) in [5.74, 6) is 0.264. The molecule has 2 N–H and O–H groups in total. The van der Waals surface area contributed by atoms with E-state index >= 15 is 0 Å². The van der Waals surface area contributed by atoms with E-state index in [0.29, 0.717) is 24.5 Å². The number of aryl methyl sites for hydroxylation is 1. The average Bonchev–Trinajstić information content (AvgIpc) is 2.94.